The second kappa shape index (κ2) is 5.76. The molecular formula is C13H8ClFN2O4. The molecule has 0 atom stereocenters. The molecule has 2 N–H and O–H groups in total. The highest BCUT2D eigenvalue weighted by Gasteiger charge is 2.16. The third kappa shape index (κ3) is 3.26. The van der Waals surface area contributed by atoms with Gasteiger partial charge in [0.1, 0.15) is 11.6 Å². The third-order valence-corrected chi connectivity index (χ3v) is 2.85. The Morgan fingerprint density at radius 2 is 2.00 bits per heavy atom. The maximum absolute atomic E-state index is 13.6. The fraction of sp³-hybridized carbons (Fsp3) is 0. The number of anilines is 1. The molecule has 0 saturated carbocycles. The van der Waals surface area contributed by atoms with Crippen molar-refractivity contribution >= 4 is 28.9 Å². The number of rotatable bonds is 3. The minimum Gasteiger partial charge on any atom is -0.507 e. The van der Waals surface area contributed by atoms with Crippen LogP contribution >= 0.6 is 11.6 Å². The number of phenolic OH excluding ortho intramolecular Hbond substituents is 1. The number of benzene rings is 2. The summed E-state index contributed by atoms with van der Waals surface area (Å²) in [6.07, 6.45) is 0. The Bertz CT molecular complexity index is 736. The van der Waals surface area contributed by atoms with Crippen LogP contribution in [0, 0.1) is 15.9 Å². The lowest BCUT2D eigenvalue weighted by atomic mass is 10.1. The van der Waals surface area contributed by atoms with Crippen molar-refractivity contribution in [3.05, 3.63) is 62.9 Å². The monoisotopic (exact) mass is 310 g/mol. The van der Waals surface area contributed by atoms with Crippen LogP contribution in [0.4, 0.5) is 15.8 Å². The molecule has 0 aromatic heterocycles. The molecule has 0 heterocycles. The summed E-state index contributed by atoms with van der Waals surface area (Å²) in [7, 11) is 0. The van der Waals surface area contributed by atoms with E-state index in [4.69, 9.17) is 11.6 Å². The number of hydrogen-bond acceptors (Lipinski definition) is 4. The van der Waals surface area contributed by atoms with Crippen LogP contribution in [0.25, 0.3) is 0 Å². The first-order valence-electron chi connectivity index (χ1n) is 5.62. The highest BCUT2D eigenvalue weighted by Crippen LogP contribution is 2.25. The van der Waals surface area contributed by atoms with Gasteiger partial charge in [-0.1, -0.05) is 11.6 Å². The first-order valence-corrected chi connectivity index (χ1v) is 6.00. The van der Waals surface area contributed by atoms with Gasteiger partial charge in [0.25, 0.3) is 11.6 Å². The van der Waals surface area contributed by atoms with Crippen molar-refractivity contribution in [3.8, 4) is 5.75 Å². The number of carbonyl (C=O) groups excluding carboxylic acids is 1. The van der Waals surface area contributed by atoms with E-state index >= 15 is 0 Å². The maximum atomic E-state index is 13.6. The highest BCUT2D eigenvalue weighted by atomic mass is 35.5. The summed E-state index contributed by atoms with van der Waals surface area (Å²) in [5.41, 5.74) is -0.913. The van der Waals surface area contributed by atoms with E-state index in [9.17, 15) is 24.4 Å². The molecule has 0 bridgehead atoms. The predicted octanol–water partition coefficient (Wildman–Crippen LogP) is 3.35. The largest absolute Gasteiger partial charge is 0.507 e. The van der Waals surface area contributed by atoms with Gasteiger partial charge in [0, 0.05) is 17.2 Å². The lowest BCUT2D eigenvalue weighted by Gasteiger charge is -2.08. The molecule has 0 spiro atoms. The average Bonchev–Trinajstić information content (AvgIpc) is 2.43. The van der Waals surface area contributed by atoms with E-state index in [0.717, 1.165) is 18.2 Å². The van der Waals surface area contributed by atoms with Crippen molar-refractivity contribution in [1.82, 2.24) is 0 Å². The maximum Gasteiger partial charge on any atom is 0.271 e. The van der Waals surface area contributed by atoms with E-state index in [1.165, 1.54) is 18.2 Å². The van der Waals surface area contributed by atoms with Gasteiger partial charge < -0.3 is 10.4 Å². The second-order valence-corrected chi connectivity index (χ2v) is 4.47. The van der Waals surface area contributed by atoms with Crippen molar-refractivity contribution in [1.29, 1.82) is 0 Å². The molecule has 2 aromatic carbocycles. The molecule has 2 rings (SSSR count). The van der Waals surface area contributed by atoms with E-state index in [-0.39, 0.29) is 27.7 Å². The topological polar surface area (TPSA) is 92.5 Å². The molecule has 0 radical (unpaired) electrons. The molecular weight excluding hydrogens is 303 g/mol. The number of hydrogen-bond donors (Lipinski definition) is 2. The lowest BCUT2D eigenvalue weighted by Crippen LogP contribution is -2.13. The van der Waals surface area contributed by atoms with Gasteiger partial charge in [-0.3, -0.25) is 14.9 Å². The molecule has 0 aliphatic heterocycles. The summed E-state index contributed by atoms with van der Waals surface area (Å²) >= 11 is 5.71. The van der Waals surface area contributed by atoms with Crippen LogP contribution in [-0.4, -0.2) is 15.9 Å². The van der Waals surface area contributed by atoms with E-state index in [0.29, 0.717) is 0 Å². The standard InChI is InChI=1S/C13H8ClFN2O4/c14-7-1-4-12(18)9(5-7)13(19)16-11-6-8(17(20)21)2-3-10(11)15/h1-6,18H,(H,16,19). The summed E-state index contributed by atoms with van der Waals surface area (Å²) in [4.78, 5) is 21.9. The molecule has 0 aliphatic rings. The van der Waals surface area contributed by atoms with Crippen molar-refractivity contribution in [3.63, 3.8) is 0 Å². The average molecular weight is 311 g/mol. The van der Waals surface area contributed by atoms with Gasteiger partial charge in [-0.15, -0.1) is 0 Å². The van der Waals surface area contributed by atoms with Gasteiger partial charge in [-0.25, -0.2) is 4.39 Å². The smallest absolute Gasteiger partial charge is 0.271 e. The van der Waals surface area contributed by atoms with Crippen LogP contribution in [0.1, 0.15) is 10.4 Å². The Labute approximate surface area is 122 Å². The van der Waals surface area contributed by atoms with Crippen molar-refractivity contribution in [2.24, 2.45) is 0 Å². The van der Waals surface area contributed by atoms with Gasteiger partial charge in [-0.05, 0) is 24.3 Å². The Kier molecular flexibility index (Phi) is 4.04. The van der Waals surface area contributed by atoms with E-state index in [1.54, 1.807) is 0 Å². The second-order valence-electron chi connectivity index (χ2n) is 4.04. The summed E-state index contributed by atoms with van der Waals surface area (Å²) < 4.78 is 13.6. The van der Waals surface area contributed by atoms with E-state index < -0.39 is 16.6 Å². The Balaban J connectivity index is 2.33. The van der Waals surface area contributed by atoms with Crippen molar-refractivity contribution in [2.45, 2.75) is 0 Å². The molecule has 0 fully saturated rings. The van der Waals surface area contributed by atoms with Gasteiger partial charge in [0.2, 0.25) is 0 Å². The fourth-order valence-corrected chi connectivity index (χ4v) is 1.77. The summed E-state index contributed by atoms with van der Waals surface area (Å²) in [5, 5.41) is 22.6. The molecule has 21 heavy (non-hydrogen) atoms. The van der Waals surface area contributed by atoms with Crippen molar-refractivity contribution in [2.75, 3.05) is 5.32 Å². The van der Waals surface area contributed by atoms with Crippen LogP contribution in [-0.2, 0) is 0 Å². The first-order chi connectivity index (χ1) is 9.88. The molecule has 0 aliphatic carbocycles. The first kappa shape index (κ1) is 14.7. The molecule has 1 amide bonds. The molecule has 6 nitrogen and oxygen atoms in total. The number of nitro groups is 1. The lowest BCUT2D eigenvalue weighted by molar-refractivity contribution is -0.384. The van der Waals surface area contributed by atoms with E-state index in [2.05, 4.69) is 5.32 Å². The number of non-ortho nitro benzene ring substituents is 1. The number of phenols is 1. The number of nitrogens with one attached hydrogen (secondary N) is 1. The summed E-state index contributed by atoms with van der Waals surface area (Å²) in [5.74, 6) is -2.02. The van der Waals surface area contributed by atoms with Crippen LogP contribution < -0.4 is 5.32 Å². The Morgan fingerprint density at radius 3 is 2.67 bits per heavy atom. The zero-order valence-corrected chi connectivity index (χ0v) is 11.1. The zero-order chi connectivity index (χ0) is 15.6. The Hall–Kier alpha value is -2.67. The molecule has 2 aromatic rings. The normalized spacial score (nSPS) is 10.2. The van der Waals surface area contributed by atoms with Gasteiger partial charge >= 0.3 is 0 Å². The minimum atomic E-state index is -0.839. The van der Waals surface area contributed by atoms with Gasteiger partial charge in [-0.2, -0.15) is 0 Å². The molecule has 8 heteroatoms. The van der Waals surface area contributed by atoms with Crippen LogP contribution in [0.3, 0.4) is 0 Å². The zero-order valence-electron chi connectivity index (χ0n) is 10.3. The number of carbonyl (C=O) groups is 1. The number of amides is 1. The molecule has 108 valence electrons. The third-order valence-electron chi connectivity index (χ3n) is 2.61. The fourth-order valence-electron chi connectivity index (χ4n) is 1.60. The molecule has 0 saturated heterocycles. The Morgan fingerprint density at radius 1 is 1.29 bits per heavy atom. The minimum absolute atomic E-state index is 0.173. The number of nitrogens with zero attached hydrogens (tertiary/aromatic N) is 1. The van der Waals surface area contributed by atoms with Crippen molar-refractivity contribution < 1.29 is 19.2 Å². The van der Waals surface area contributed by atoms with Crippen LogP contribution in [0.15, 0.2) is 36.4 Å². The van der Waals surface area contributed by atoms with Gasteiger partial charge in [0.05, 0.1) is 16.2 Å². The predicted molar refractivity (Wildman–Crippen MR) is 74.1 cm³/mol. The summed E-state index contributed by atoms with van der Waals surface area (Å²) in [6.45, 7) is 0. The molecule has 0 unspecified atom stereocenters. The summed E-state index contributed by atoms with van der Waals surface area (Å²) in [6, 6.07) is 6.51. The van der Waals surface area contributed by atoms with Crippen LogP contribution in [0.5, 0.6) is 5.75 Å². The highest BCUT2D eigenvalue weighted by molar-refractivity contribution is 6.31. The van der Waals surface area contributed by atoms with Gasteiger partial charge in [0.15, 0.2) is 0 Å². The number of aromatic hydroxyl groups is 1. The van der Waals surface area contributed by atoms with E-state index in [1.807, 2.05) is 0 Å². The van der Waals surface area contributed by atoms with Crippen LogP contribution in [0.2, 0.25) is 5.02 Å². The number of nitro benzene ring substituents is 1. The number of halogens is 2. The SMILES string of the molecule is O=C(Nc1cc([N+](=O)[O-])ccc1F)c1cc(Cl)ccc1O. The quantitative estimate of drug-likeness (QED) is 0.671.